The highest BCUT2D eigenvalue weighted by Crippen LogP contribution is 2.64. The molecule has 0 radical (unpaired) electrons. The fourth-order valence-electron chi connectivity index (χ4n) is 13.0. The van der Waals surface area contributed by atoms with Gasteiger partial charge in [-0.05, 0) is 148 Å². The van der Waals surface area contributed by atoms with E-state index in [4.69, 9.17) is 0 Å². The molecule has 1 nitrogen and oxygen atoms in total. The van der Waals surface area contributed by atoms with E-state index in [9.17, 15) is 0 Å². The molecule has 11 aromatic rings. The molecular weight excluding hydrogens is 831 g/mol. The Morgan fingerprint density at radius 3 is 1.45 bits per heavy atom. The van der Waals surface area contributed by atoms with Crippen LogP contribution in [0.1, 0.15) is 57.0 Å². The molecule has 1 spiro atoms. The molecule has 1 unspecified atom stereocenters. The van der Waals surface area contributed by atoms with E-state index in [1.54, 1.807) is 0 Å². The van der Waals surface area contributed by atoms with Crippen molar-refractivity contribution >= 4 is 27.8 Å². The van der Waals surface area contributed by atoms with Gasteiger partial charge in [-0.2, -0.15) is 0 Å². The zero-order chi connectivity index (χ0) is 45.7. The first-order valence-electron chi connectivity index (χ1n) is 24.4. The molecule has 0 bridgehead atoms. The fraction of sp³-hybridized carbons (Fsp3) is 0.0588. The predicted molar refractivity (Wildman–Crippen MR) is 287 cm³/mol. The number of hydrogen-bond acceptors (Lipinski definition) is 1. The van der Waals surface area contributed by atoms with Gasteiger partial charge in [0.1, 0.15) is 0 Å². The van der Waals surface area contributed by atoms with E-state index in [1.165, 1.54) is 105 Å². The lowest BCUT2D eigenvalue weighted by Gasteiger charge is -2.41. The van der Waals surface area contributed by atoms with Crippen molar-refractivity contribution in [3.8, 4) is 44.5 Å². The second kappa shape index (κ2) is 15.3. The molecule has 1 atom stereocenters. The van der Waals surface area contributed by atoms with Gasteiger partial charge in [0.2, 0.25) is 0 Å². The number of fused-ring (bicyclic) bond motifs is 12. The van der Waals surface area contributed by atoms with Gasteiger partial charge in [-0.3, -0.25) is 0 Å². The second-order valence-electron chi connectivity index (χ2n) is 18.9. The van der Waals surface area contributed by atoms with E-state index < -0.39 is 10.8 Å². The third kappa shape index (κ3) is 5.47. The molecule has 69 heavy (non-hydrogen) atoms. The maximum atomic E-state index is 2.54. The zero-order valence-corrected chi connectivity index (χ0v) is 38.4. The van der Waals surface area contributed by atoms with Crippen LogP contribution in [0.15, 0.2) is 255 Å². The van der Waals surface area contributed by atoms with Gasteiger partial charge >= 0.3 is 0 Å². The predicted octanol–water partition coefficient (Wildman–Crippen LogP) is 17.2. The Labute approximate surface area is 404 Å². The molecular formula is C68H47N. The van der Waals surface area contributed by atoms with Crippen LogP contribution in [0.4, 0.5) is 17.1 Å². The quantitative estimate of drug-likeness (QED) is 0.154. The van der Waals surface area contributed by atoms with E-state index in [-0.39, 0.29) is 0 Å². The first kappa shape index (κ1) is 39.6. The Hall–Kier alpha value is -8.52. The highest BCUT2D eigenvalue weighted by molar-refractivity contribution is 6.08. The smallest absolute Gasteiger partial charge is 0.0729 e. The van der Waals surface area contributed by atoms with E-state index in [0.717, 1.165) is 23.5 Å². The van der Waals surface area contributed by atoms with Crippen molar-refractivity contribution in [3.63, 3.8) is 0 Å². The first-order valence-corrected chi connectivity index (χ1v) is 24.4. The summed E-state index contributed by atoms with van der Waals surface area (Å²) in [6, 6.07) is 95.8. The minimum Gasteiger partial charge on any atom is -0.310 e. The average Bonchev–Trinajstić information content (AvgIpc) is 3.88. The Balaban J connectivity index is 1.04. The highest BCUT2D eigenvalue weighted by atomic mass is 15.1. The molecule has 11 aromatic carbocycles. The Bertz CT molecular complexity index is 3770. The van der Waals surface area contributed by atoms with Crippen LogP contribution in [0.3, 0.4) is 0 Å². The maximum Gasteiger partial charge on any atom is 0.0729 e. The highest BCUT2D eigenvalue weighted by Gasteiger charge is 2.51. The Morgan fingerprint density at radius 1 is 0.319 bits per heavy atom. The normalized spacial score (nSPS) is 15.3. The number of benzene rings is 11. The van der Waals surface area contributed by atoms with Gasteiger partial charge in [0.15, 0.2) is 0 Å². The third-order valence-corrected chi connectivity index (χ3v) is 15.7. The van der Waals surface area contributed by atoms with Crippen molar-refractivity contribution < 1.29 is 0 Å². The molecule has 1 heteroatoms. The lowest BCUT2D eigenvalue weighted by atomic mass is 9.60. The van der Waals surface area contributed by atoms with Crippen LogP contribution >= 0.6 is 0 Å². The van der Waals surface area contributed by atoms with Crippen molar-refractivity contribution in [2.24, 2.45) is 0 Å². The summed E-state index contributed by atoms with van der Waals surface area (Å²) in [4.78, 5) is 2.50. The van der Waals surface area contributed by atoms with Gasteiger partial charge < -0.3 is 4.90 Å². The van der Waals surface area contributed by atoms with Crippen LogP contribution in [0.2, 0.25) is 0 Å². The molecule has 14 rings (SSSR count). The minimum absolute atomic E-state index is 0.483. The van der Waals surface area contributed by atoms with E-state index in [1.807, 2.05) is 0 Å². The summed E-state index contributed by atoms with van der Waals surface area (Å²) in [7, 11) is 0. The Kier molecular flexibility index (Phi) is 8.76. The second-order valence-corrected chi connectivity index (χ2v) is 18.9. The standard InChI is InChI=1S/C68H47N/c1-2-45-33-34-48-21-18-29-58-55-27-13-17-32-62(55)68(66(45)65(48)58)61-31-16-12-26-54(61)57-41-39-53(44-64(57)68)69(51-37-35-47(36-38-51)46-19-6-3-7-20-46)52-40-42-63-59(43-52)56-28-14-15-30-60(56)67(63,49-22-8-4-9-23-49)50-24-10-5-11-25-50/h3-44H,2H2,1H3. The number of nitrogens with zero attached hydrogens (tertiary/aromatic N) is 1. The molecule has 0 N–H and O–H groups in total. The molecule has 0 fully saturated rings. The zero-order valence-electron chi connectivity index (χ0n) is 38.4. The molecule has 0 aliphatic heterocycles. The van der Waals surface area contributed by atoms with Gasteiger partial charge in [0, 0.05) is 17.1 Å². The van der Waals surface area contributed by atoms with E-state index in [0.29, 0.717) is 0 Å². The largest absolute Gasteiger partial charge is 0.310 e. The number of anilines is 3. The summed E-state index contributed by atoms with van der Waals surface area (Å²) in [5.41, 5.74) is 24.4. The first-order chi connectivity index (χ1) is 34.2. The lowest BCUT2D eigenvalue weighted by Crippen LogP contribution is -2.33. The van der Waals surface area contributed by atoms with Crippen LogP contribution in [-0.4, -0.2) is 0 Å². The molecule has 0 saturated carbocycles. The van der Waals surface area contributed by atoms with Gasteiger partial charge in [0.25, 0.3) is 0 Å². The molecule has 3 aliphatic carbocycles. The van der Waals surface area contributed by atoms with Crippen molar-refractivity contribution in [2.75, 3.05) is 4.90 Å². The molecule has 0 saturated heterocycles. The van der Waals surface area contributed by atoms with Crippen LogP contribution in [0.25, 0.3) is 55.3 Å². The fourth-order valence-corrected chi connectivity index (χ4v) is 13.0. The van der Waals surface area contributed by atoms with E-state index >= 15 is 0 Å². The van der Waals surface area contributed by atoms with Crippen LogP contribution in [0.5, 0.6) is 0 Å². The van der Waals surface area contributed by atoms with Crippen LogP contribution in [-0.2, 0) is 17.3 Å². The number of rotatable bonds is 7. The lowest BCUT2D eigenvalue weighted by molar-refractivity contribution is 0.759. The molecule has 324 valence electrons. The topological polar surface area (TPSA) is 3.24 Å². The third-order valence-electron chi connectivity index (χ3n) is 15.7. The van der Waals surface area contributed by atoms with Gasteiger partial charge in [-0.25, -0.2) is 0 Å². The van der Waals surface area contributed by atoms with Crippen molar-refractivity contribution in [1.29, 1.82) is 0 Å². The number of aryl methyl sites for hydroxylation is 1. The van der Waals surface area contributed by atoms with Crippen LogP contribution in [0, 0.1) is 0 Å². The summed E-state index contributed by atoms with van der Waals surface area (Å²) >= 11 is 0. The summed E-state index contributed by atoms with van der Waals surface area (Å²) < 4.78 is 0. The summed E-state index contributed by atoms with van der Waals surface area (Å²) in [5, 5.41) is 2.66. The molecule has 0 amide bonds. The van der Waals surface area contributed by atoms with Gasteiger partial charge in [0.05, 0.1) is 10.8 Å². The Morgan fingerprint density at radius 2 is 0.797 bits per heavy atom. The van der Waals surface area contributed by atoms with Gasteiger partial charge in [-0.1, -0.05) is 225 Å². The maximum absolute atomic E-state index is 2.54. The summed E-state index contributed by atoms with van der Waals surface area (Å²) in [6.07, 6.45) is 0.935. The summed E-state index contributed by atoms with van der Waals surface area (Å²) in [6.45, 7) is 2.32. The SMILES string of the molecule is CCc1ccc2cccc3c2c1C1(c2ccccc2-c2ccc(N(c4ccc(-c5ccccc5)cc4)c4ccc5c(c4)-c4ccccc4C5(c4ccccc4)c4ccccc4)cc21)c1ccccc1-3. The van der Waals surface area contributed by atoms with Gasteiger partial charge in [-0.15, -0.1) is 0 Å². The van der Waals surface area contributed by atoms with E-state index in [2.05, 4.69) is 267 Å². The number of hydrogen-bond donors (Lipinski definition) is 0. The van der Waals surface area contributed by atoms with Crippen molar-refractivity contribution in [3.05, 3.63) is 305 Å². The monoisotopic (exact) mass is 877 g/mol. The van der Waals surface area contributed by atoms with Crippen molar-refractivity contribution in [2.45, 2.75) is 24.2 Å². The molecule has 0 heterocycles. The average molecular weight is 878 g/mol. The minimum atomic E-state index is -0.539. The van der Waals surface area contributed by atoms with Crippen LogP contribution < -0.4 is 4.90 Å². The summed E-state index contributed by atoms with van der Waals surface area (Å²) in [5.74, 6) is 0. The molecule has 3 aliphatic rings. The molecule has 0 aromatic heterocycles. The van der Waals surface area contributed by atoms with Crippen molar-refractivity contribution in [1.82, 2.24) is 0 Å².